The van der Waals surface area contributed by atoms with Crippen molar-refractivity contribution in [2.24, 2.45) is 0 Å². The predicted octanol–water partition coefficient (Wildman–Crippen LogP) is 2.55. The molecule has 33 heavy (non-hydrogen) atoms. The smallest absolute Gasteiger partial charge is 0.244 e. The molecule has 1 aromatic carbocycles. The second-order valence-electron chi connectivity index (χ2n) is 7.98. The van der Waals surface area contributed by atoms with Gasteiger partial charge in [0.15, 0.2) is 5.78 Å². The lowest BCUT2D eigenvalue weighted by Crippen LogP contribution is -2.42. The first-order valence-corrected chi connectivity index (χ1v) is 11.2. The van der Waals surface area contributed by atoms with E-state index in [1.807, 2.05) is 24.4 Å². The third kappa shape index (κ3) is 5.48. The standard InChI is InChI=1S/C24H29N5O4/c1-3-7-25-23-6-4-5-19(26-23)21(30)13-17-12-18-15-29(27-20(18)14-22(17)32-2)16-24(31)28-8-10-33-11-9-28/h4-6,12,14-15H,3,7-11,13,16H2,1-2H3,(H,25,26). The first-order valence-electron chi connectivity index (χ1n) is 11.2. The maximum atomic E-state index is 12.9. The van der Waals surface area contributed by atoms with E-state index in [1.165, 1.54) is 0 Å². The number of ether oxygens (including phenoxy) is 2. The predicted molar refractivity (Wildman–Crippen MR) is 125 cm³/mol. The first kappa shape index (κ1) is 22.7. The summed E-state index contributed by atoms with van der Waals surface area (Å²) in [5.74, 6) is 1.19. The minimum absolute atomic E-state index is 0.0103. The zero-order valence-electron chi connectivity index (χ0n) is 19.0. The van der Waals surface area contributed by atoms with Crippen molar-refractivity contribution in [3.63, 3.8) is 0 Å². The van der Waals surface area contributed by atoms with Crippen LogP contribution in [0.25, 0.3) is 10.9 Å². The van der Waals surface area contributed by atoms with Crippen LogP contribution in [0.15, 0.2) is 36.5 Å². The summed E-state index contributed by atoms with van der Waals surface area (Å²) in [6.07, 6.45) is 2.96. The van der Waals surface area contributed by atoms with Gasteiger partial charge in [-0.15, -0.1) is 0 Å². The number of hydrogen-bond donors (Lipinski definition) is 1. The number of carbonyl (C=O) groups is 2. The van der Waals surface area contributed by atoms with Crippen LogP contribution in [0.4, 0.5) is 5.82 Å². The highest BCUT2D eigenvalue weighted by atomic mass is 16.5. The van der Waals surface area contributed by atoms with Crippen LogP contribution in [-0.2, 0) is 22.5 Å². The minimum atomic E-state index is -0.0947. The highest BCUT2D eigenvalue weighted by Crippen LogP contribution is 2.26. The Morgan fingerprint density at radius 1 is 1.21 bits per heavy atom. The summed E-state index contributed by atoms with van der Waals surface area (Å²) < 4.78 is 12.5. The molecule has 3 aromatic rings. The fourth-order valence-corrected chi connectivity index (χ4v) is 3.82. The Morgan fingerprint density at radius 3 is 2.79 bits per heavy atom. The number of Topliss-reactive ketones (excluding diaryl/α,β-unsaturated/α-hetero) is 1. The van der Waals surface area contributed by atoms with Gasteiger partial charge in [0, 0.05) is 49.3 Å². The van der Waals surface area contributed by atoms with Gasteiger partial charge in [-0.3, -0.25) is 14.3 Å². The summed E-state index contributed by atoms with van der Waals surface area (Å²) in [5.41, 5.74) is 1.87. The third-order valence-corrected chi connectivity index (χ3v) is 5.56. The maximum Gasteiger partial charge on any atom is 0.244 e. The van der Waals surface area contributed by atoms with Crippen molar-refractivity contribution in [1.82, 2.24) is 19.7 Å². The number of hydrogen-bond acceptors (Lipinski definition) is 7. The SMILES string of the molecule is CCCNc1cccc(C(=O)Cc2cc3cn(CC(=O)N4CCOCC4)nc3cc2OC)n1. The number of pyridine rings is 1. The number of anilines is 1. The van der Waals surface area contributed by atoms with Crippen LogP contribution < -0.4 is 10.1 Å². The molecule has 0 unspecified atom stereocenters. The van der Waals surface area contributed by atoms with Crippen molar-refractivity contribution >= 4 is 28.4 Å². The lowest BCUT2D eigenvalue weighted by atomic mass is 10.0. The third-order valence-electron chi connectivity index (χ3n) is 5.56. The maximum absolute atomic E-state index is 12.9. The Bertz CT molecular complexity index is 1140. The molecule has 174 valence electrons. The normalized spacial score (nSPS) is 13.8. The summed E-state index contributed by atoms with van der Waals surface area (Å²) in [4.78, 5) is 31.7. The zero-order chi connectivity index (χ0) is 23.2. The second-order valence-corrected chi connectivity index (χ2v) is 7.98. The van der Waals surface area contributed by atoms with Crippen LogP contribution in [0.1, 0.15) is 29.4 Å². The molecule has 0 radical (unpaired) electrons. The van der Waals surface area contributed by atoms with Crippen molar-refractivity contribution in [3.05, 3.63) is 47.8 Å². The van der Waals surface area contributed by atoms with Gasteiger partial charge in [-0.25, -0.2) is 4.98 Å². The number of methoxy groups -OCH3 is 1. The number of benzene rings is 1. The van der Waals surface area contributed by atoms with Crippen molar-refractivity contribution in [2.45, 2.75) is 26.3 Å². The Labute approximate surface area is 192 Å². The van der Waals surface area contributed by atoms with E-state index in [0.29, 0.717) is 49.1 Å². The Kier molecular flexibility index (Phi) is 7.19. The summed E-state index contributed by atoms with van der Waals surface area (Å²) >= 11 is 0. The van der Waals surface area contributed by atoms with E-state index < -0.39 is 0 Å². The number of rotatable bonds is 9. The number of morpholine rings is 1. The Hall–Kier alpha value is -3.46. The van der Waals surface area contributed by atoms with Gasteiger partial charge < -0.3 is 19.7 Å². The fraction of sp³-hybridized carbons (Fsp3) is 0.417. The second kappa shape index (κ2) is 10.4. The van der Waals surface area contributed by atoms with E-state index in [0.717, 1.165) is 23.9 Å². The lowest BCUT2D eigenvalue weighted by molar-refractivity contribution is -0.136. The van der Waals surface area contributed by atoms with Gasteiger partial charge in [0.25, 0.3) is 0 Å². The molecule has 9 heteroatoms. The quantitative estimate of drug-likeness (QED) is 0.499. The molecule has 4 rings (SSSR count). The van der Waals surface area contributed by atoms with Gasteiger partial charge in [0.1, 0.15) is 23.8 Å². The molecule has 3 heterocycles. The van der Waals surface area contributed by atoms with Crippen molar-refractivity contribution in [3.8, 4) is 5.75 Å². The van der Waals surface area contributed by atoms with Crippen LogP contribution in [0.3, 0.4) is 0 Å². The highest BCUT2D eigenvalue weighted by molar-refractivity contribution is 5.97. The monoisotopic (exact) mass is 451 g/mol. The van der Waals surface area contributed by atoms with Crippen LogP contribution >= 0.6 is 0 Å². The van der Waals surface area contributed by atoms with E-state index >= 15 is 0 Å². The van der Waals surface area contributed by atoms with Gasteiger partial charge in [0.2, 0.25) is 5.91 Å². The van der Waals surface area contributed by atoms with Gasteiger partial charge in [-0.2, -0.15) is 5.10 Å². The molecule has 1 aliphatic rings. The number of carbonyl (C=O) groups excluding carboxylic acids is 2. The number of aromatic nitrogens is 3. The van der Waals surface area contributed by atoms with Gasteiger partial charge >= 0.3 is 0 Å². The van der Waals surface area contributed by atoms with Crippen LogP contribution in [0.5, 0.6) is 5.75 Å². The number of nitrogens with one attached hydrogen (secondary N) is 1. The lowest BCUT2D eigenvalue weighted by Gasteiger charge is -2.26. The average Bonchev–Trinajstić information content (AvgIpc) is 3.23. The Morgan fingerprint density at radius 2 is 2.03 bits per heavy atom. The average molecular weight is 452 g/mol. The highest BCUT2D eigenvalue weighted by Gasteiger charge is 2.19. The molecule has 0 bridgehead atoms. The number of ketones is 1. The van der Waals surface area contributed by atoms with E-state index in [-0.39, 0.29) is 24.7 Å². The molecule has 1 saturated heterocycles. The molecule has 0 aliphatic carbocycles. The molecule has 1 aliphatic heterocycles. The van der Waals surface area contributed by atoms with Gasteiger partial charge in [-0.05, 0) is 24.6 Å². The topological polar surface area (TPSA) is 98.6 Å². The first-order chi connectivity index (χ1) is 16.1. The van der Waals surface area contributed by atoms with Crippen molar-refractivity contribution in [2.75, 3.05) is 45.3 Å². The largest absolute Gasteiger partial charge is 0.496 e. The van der Waals surface area contributed by atoms with Gasteiger partial charge in [-0.1, -0.05) is 13.0 Å². The molecule has 9 nitrogen and oxygen atoms in total. The summed E-state index contributed by atoms with van der Waals surface area (Å²) in [6.45, 7) is 5.36. The van der Waals surface area contributed by atoms with Crippen LogP contribution in [0.2, 0.25) is 0 Å². The Balaban J connectivity index is 1.51. The molecule has 0 saturated carbocycles. The van der Waals surface area contributed by atoms with Crippen LogP contribution in [-0.4, -0.2) is 71.3 Å². The summed E-state index contributed by atoms with van der Waals surface area (Å²) in [5, 5.41) is 8.58. The molecule has 2 aromatic heterocycles. The van der Waals surface area contributed by atoms with Crippen LogP contribution in [0, 0.1) is 0 Å². The molecule has 1 N–H and O–H groups in total. The molecule has 1 amide bonds. The molecule has 0 spiro atoms. The van der Waals surface area contributed by atoms with E-state index in [9.17, 15) is 9.59 Å². The molecular formula is C24H29N5O4. The fourth-order valence-electron chi connectivity index (χ4n) is 3.82. The van der Waals surface area contributed by atoms with E-state index in [2.05, 4.69) is 22.3 Å². The number of fused-ring (bicyclic) bond motifs is 1. The minimum Gasteiger partial charge on any atom is -0.496 e. The van der Waals surface area contributed by atoms with E-state index in [1.54, 1.807) is 28.8 Å². The van der Waals surface area contributed by atoms with E-state index in [4.69, 9.17) is 9.47 Å². The van der Waals surface area contributed by atoms with Crippen molar-refractivity contribution in [1.29, 1.82) is 0 Å². The van der Waals surface area contributed by atoms with Gasteiger partial charge in [0.05, 0.1) is 25.8 Å². The molecular weight excluding hydrogens is 422 g/mol. The summed E-state index contributed by atoms with van der Waals surface area (Å²) in [7, 11) is 1.57. The molecule has 1 fully saturated rings. The number of amides is 1. The zero-order valence-corrected chi connectivity index (χ0v) is 19.0. The van der Waals surface area contributed by atoms with Crippen molar-refractivity contribution < 1.29 is 19.1 Å². The molecule has 0 atom stereocenters. The number of nitrogens with zero attached hydrogens (tertiary/aromatic N) is 4. The summed E-state index contributed by atoms with van der Waals surface area (Å²) in [6, 6.07) is 9.11.